The van der Waals surface area contributed by atoms with Crippen LogP contribution in [0.25, 0.3) is 0 Å². The van der Waals surface area contributed by atoms with Crippen molar-refractivity contribution >= 4 is 11.7 Å². The first-order valence-electron chi connectivity index (χ1n) is 6.24. The highest BCUT2D eigenvalue weighted by atomic mass is 16.4. The van der Waals surface area contributed by atoms with Crippen LogP contribution in [0.4, 0.5) is 5.69 Å². The molecule has 2 rings (SSSR count). The molecule has 3 heteroatoms. The molecule has 0 saturated carbocycles. The predicted octanol–water partition coefficient (Wildman–Crippen LogP) is 2.69. The van der Waals surface area contributed by atoms with E-state index in [1.54, 1.807) is 0 Å². The fourth-order valence-electron chi connectivity index (χ4n) is 2.83. The second kappa shape index (κ2) is 4.40. The minimum absolute atomic E-state index is 0.632. The summed E-state index contributed by atoms with van der Waals surface area (Å²) < 4.78 is 0. The van der Waals surface area contributed by atoms with Gasteiger partial charge >= 0.3 is 5.97 Å². The quantitative estimate of drug-likeness (QED) is 0.869. The largest absolute Gasteiger partial charge is 0.479 e. The van der Waals surface area contributed by atoms with Gasteiger partial charge in [-0.2, -0.15) is 0 Å². The van der Waals surface area contributed by atoms with E-state index in [2.05, 4.69) is 11.0 Å². The molecule has 1 aromatic carbocycles. The van der Waals surface area contributed by atoms with Crippen molar-refractivity contribution in [1.82, 2.24) is 0 Å². The van der Waals surface area contributed by atoms with Crippen molar-refractivity contribution in [3.63, 3.8) is 0 Å². The van der Waals surface area contributed by atoms with E-state index in [0.717, 1.165) is 18.7 Å². The third kappa shape index (κ3) is 1.70. The van der Waals surface area contributed by atoms with Gasteiger partial charge in [-0.3, -0.25) is 0 Å². The molecular weight excluding hydrogens is 214 g/mol. The summed E-state index contributed by atoms with van der Waals surface area (Å²) in [6.45, 7) is 4.73. The number of carboxylic acid groups (broad SMARTS) is 1. The molecule has 1 aliphatic rings. The normalized spacial score (nSPS) is 14.8. The minimum atomic E-state index is -0.743. The molecule has 1 aromatic rings. The Hall–Kier alpha value is -1.51. The van der Waals surface area contributed by atoms with Gasteiger partial charge in [-0.05, 0) is 30.9 Å². The molecule has 0 amide bonds. The van der Waals surface area contributed by atoms with E-state index in [1.807, 2.05) is 32.0 Å². The van der Waals surface area contributed by atoms with Gasteiger partial charge in [0.1, 0.15) is 5.54 Å². The standard InChI is InChI=1S/C14H19NO2/c1-3-14(4-2,13(16)17)15-10-9-11-7-5-6-8-12(11)15/h5-8H,3-4,9-10H2,1-2H3,(H,16,17). The van der Waals surface area contributed by atoms with Gasteiger partial charge in [0.05, 0.1) is 0 Å². The van der Waals surface area contributed by atoms with Gasteiger partial charge in [-0.15, -0.1) is 0 Å². The molecule has 3 nitrogen and oxygen atoms in total. The Morgan fingerprint density at radius 1 is 1.35 bits per heavy atom. The highest BCUT2D eigenvalue weighted by Gasteiger charge is 2.43. The van der Waals surface area contributed by atoms with Crippen LogP contribution in [-0.2, 0) is 11.2 Å². The van der Waals surface area contributed by atoms with Crippen LogP contribution in [0.15, 0.2) is 24.3 Å². The first-order chi connectivity index (χ1) is 8.15. The molecule has 92 valence electrons. The number of carboxylic acids is 1. The summed E-state index contributed by atoms with van der Waals surface area (Å²) in [4.78, 5) is 13.7. The Bertz CT molecular complexity index is 424. The van der Waals surface area contributed by atoms with E-state index in [1.165, 1.54) is 5.56 Å². The second-order valence-electron chi connectivity index (χ2n) is 4.57. The Labute approximate surface area is 102 Å². The van der Waals surface area contributed by atoms with E-state index in [4.69, 9.17) is 0 Å². The molecule has 0 aliphatic carbocycles. The summed E-state index contributed by atoms with van der Waals surface area (Å²) in [7, 11) is 0. The summed E-state index contributed by atoms with van der Waals surface area (Å²) in [6.07, 6.45) is 2.21. The highest BCUT2D eigenvalue weighted by Crippen LogP contribution is 2.37. The number of nitrogens with zero attached hydrogens (tertiary/aromatic N) is 1. The molecule has 1 N–H and O–H groups in total. The number of fused-ring (bicyclic) bond motifs is 1. The molecule has 0 fully saturated rings. The molecule has 0 unspecified atom stereocenters. The van der Waals surface area contributed by atoms with Crippen molar-refractivity contribution in [1.29, 1.82) is 0 Å². The smallest absolute Gasteiger partial charge is 0.329 e. The first kappa shape index (κ1) is 12.0. The summed E-state index contributed by atoms with van der Waals surface area (Å²) in [5.41, 5.74) is 1.62. The lowest BCUT2D eigenvalue weighted by molar-refractivity contribution is -0.143. The molecule has 0 saturated heterocycles. The third-order valence-electron chi connectivity index (χ3n) is 3.97. The maximum Gasteiger partial charge on any atom is 0.329 e. The van der Waals surface area contributed by atoms with Crippen LogP contribution in [0.2, 0.25) is 0 Å². The molecule has 0 atom stereocenters. The van der Waals surface area contributed by atoms with Crippen molar-refractivity contribution in [2.24, 2.45) is 0 Å². The summed E-state index contributed by atoms with van der Waals surface area (Å²) >= 11 is 0. The van der Waals surface area contributed by atoms with Crippen LogP contribution < -0.4 is 4.90 Å². The average Bonchev–Trinajstić information content (AvgIpc) is 2.76. The van der Waals surface area contributed by atoms with E-state index in [-0.39, 0.29) is 0 Å². The lowest BCUT2D eigenvalue weighted by Gasteiger charge is -2.38. The Balaban J connectivity index is 2.44. The number of anilines is 1. The number of para-hydroxylation sites is 1. The first-order valence-corrected chi connectivity index (χ1v) is 6.24. The van der Waals surface area contributed by atoms with Crippen molar-refractivity contribution in [3.05, 3.63) is 29.8 Å². The van der Waals surface area contributed by atoms with E-state index in [9.17, 15) is 9.90 Å². The summed E-state index contributed by atoms with van der Waals surface area (Å²) in [5.74, 6) is -0.709. The van der Waals surface area contributed by atoms with Crippen molar-refractivity contribution in [3.8, 4) is 0 Å². The van der Waals surface area contributed by atoms with Gasteiger partial charge in [0, 0.05) is 12.2 Å². The summed E-state index contributed by atoms with van der Waals surface area (Å²) in [6, 6.07) is 8.12. The number of rotatable bonds is 4. The molecule has 0 radical (unpaired) electrons. The van der Waals surface area contributed by atoms with Crippen LogP contribution in [-0.4, -0.2) is 23.2 Å². The van der Waals surface area contributed by atoms with Crippen molar-refractivity contribution in [2.45, 2.75) is 38.6 Å². The number of benzene rings is 1. The average molecular weight is 233 g/mol. The third-order valence-corrected chi connectivity index (χ3v) is 3.97. The summed E-state index contributed by atoms with van der Waals surface area (Å²) in [5, 5.41) is 9.57. The van der Waals surface area contributed by atoms with E-state index in [0.29, 0.717) is 12.8 Å². The number of aliphatic carboxylic acids is 1. The maximum absolute atomic E-state index is 11.6. The number of hydrogen-bond donors (Lipinski definition) is 1. The van der Waals surface area contributed by atoms with Gasteiger partial charge in [0.25, 0.3) is 0 Å². The SMILES string of the molecule is CCC(CC)(C(=O)O)N1CCc2ccccc21. The zero-order valence-electron chi connectivity index (χ0n) is 10.4. The monoisotopic (exact) mass is 233 g/mol. The second-order valence-corrected chi connectivity index (χ2v) is 4.57. The van der Waals surface area contributed by atoms with Gasteiger partial charge in [0.15, 0.2) is 0 Å². The zero-order valence-corrected chi connectivity index (χ0v) is 10.4. The Kier molecular flexibility index (Phi) is 3.09. The van der Waals surface area contributed by atoms with Gasteiger partial charge < -0.3 is 10.0 Å². The lowest BCUT2D eigenvalue weighted by atomic mass is 9.90. The molecule has 0 aromatic heterocycles. The van der Waals surface area contributed by atoms with Crippen LogP contribution >= 0.6 is 0 Å². The lowest BCUT2D eigenvalue weighted by Crippen LogP contribution is -2.53. The highest BCUT2D eigenvalue weighted by molar-refractivity contribution is 5.84. The number of carbonyl (C=O) groups is 1. The zero-order chi connectivity index (χ0) is 12.5. The fourth-order valence-corrected chi connectivity index (χ4v) is 2.83. The Morgan fingerprint density at radius 2 is 2.00 bits per heavy atom. The number of hydrogen-bond acceptors (Lipinski definition) is 2. The topological polar surface area (TPSA) is 40.5 Å². The maximum atomic E-state index is 11.6. The predicted molar refractivity (Wildman–Crippen MR) is 68.4 cm³/mol. The molecule has 17 heavy (non-hydrogen) atoms. The molecule has 1 heterocycles. The molecule has 0 spiro atoms. The van der Waals surface area contributed by atoms with Crippen LogP contribution in [0.3, 0.4) is 0 Å². The van der Waals surface area contributed by atoms with Crippen molar-refractivity contribution in [2.75, 3.05) is 11.4 Å². The fraction of sp³-hybridized carbons (Fsp3) is 0.500. The van der Waals surface area contributed by atoms with E-state index >= 15 is 0 Å². The molecule has 1 aliphatic heterocycles. The van der Waals surface area contributed by atoms with Crippen LogP contribution in [0.1, 0.15) is 32.3 Å². The Morgan fingerprint density at radius 3 is 2.59 bits per heavy atom. The van der Waals surface area contributed by atoms with Gasteiger partial charge in [0.2, 0.25) is 0 Å². The molecule has 0 bridgehead atoms. The van der Waals surface area contributed by atoms with Crippen LogP contribution in [0, 0.1) is 0 Å². The minimum Gasteiger partial charge on any atom is -0.479 e. The van der Waals surface area contributed by atoms with Gasteiger partial charge in [-0.25, -0.2) is 4.79 Å². The van der Waals surface area contributed by atoms with Crippen LogP contribution in [0.5, 0.6) is 0 Å². The molecular formula is C14H19NO2. The van der Waals surface area contributed by atoms with Gasteiger partial charge in [-0.1, -0.05) is 32.0 Å². The van der Waals surface area contributed by atoms with E-state index < -0.39 is 11.5 Å². The van der Waals surface area contributed by atoms with Crippen molar-refractivity contribution < 1.29 is 9.90 Å².